The second-order valence-corrected chi connectivity index (χ2v) is 9.13. The quantitative estimate of drug-likeness (QED) is 0.416. The maximum atomic E-state index is 12.3. The van der Waals surface area contributed by atoms with Crippen LogP contribution in [0.15, 0.2) is 48.5 Å². The maximum absolute atomic E-state index is 12.3. The van der Waals surface area contributed by atoms with Gasteiger partial charge in [0.25, 0.3) is 0 Å². The van der Waals surface area contributed by atoms with Crippen molar-refractivity contribution in [3.63, 3.8) is 0 Å². The predicted octanol–water partition coefficient (Wildman–Crippen LogP) is 6.44. The zero-order valence-electron chi connectivity index (χ0n) is 20.2. The van der Waals surface area contributed by atoms with Gasteiger partial charge < -0.3 is 14.4 Å². The molecule has 1 atom stereocenters. The summed E-state index contributed by atoms with van der Waals surface area (Å²) >= 11 is 0. The summed E-state index contributed by atoms with van der Waals surface area (Å²) in [6.45, 7) is 15.6. The van der Waals surface area contributed by atoms with Crippen LogP contribution in [0.4, 0.5) is 0 Å². The summed E-state index contributed by atoms with van der Waals surface area (Å²) < 4.78 is 11.5. The molecule has 0 radical (unpaired) electrons. The molecule has 0 bridgehead atoms. The van der Waals surface area contributed by atoms with Crippen LogP contribution in [0.5, 0.6) is 11.5 Å². The van der Waals surface area contributed by atoms with E-state index in [0.717, 1.165) is 30.0 Å². The Kier molecular flexibility index (Phi) is 9.42. The van der Waals surface area contributed by atoms with Crippen LogP contribution in [0.1, 0.15) is 71.9 Å². The molecule has 170 valence electrons. The average Bonchev–Trinajstić information content (AvgIpc) is 2.68. The first-order valence-corrected chi connectivity index (χ1v) is 11.4. The van der Waals surface area contributed by atoms with E-state index in [9.17, 15) is 4.79 Å². The smallest absolute Gasteiger partial charge is 0.219 e. The van der Waals surface area contributed by atoms with Gasteiger partial charge in [-0.2, -0.15) is 0 Å². The van der Waals surface area contributed by atoms with E-state index in [1.165, 1.54) is 5.56 Å². The summed E-state index contributed by atoms with van der Waals surface area (Å²) in [5.74, 6) is 2.73. The number of rotatable bonds is 11. The lowest BCUT2D eigenvalue weighted by molar-refractivity contribution is -0.129. The number of carbonyl (C=O) groups is 1. The van der Waals surface area contributed by atoms with Crippen LogP contribution in [0.2, 0.25) is 0 Å². The van der Waals surface area contributed by atoms with Crippen molar-refractivity contribution in [2.24, 2.45) is 5.92 Å². The van der Waals surface area contributed by atoms with Gasteiger partial charge in [-0.3, -0.25) is 4.79 Å². The van der Waals surface area contributed by atoms with Crippen LogP contribution in [-0.4, -0.2) is 29.6 Å². The van der Waals surface area contributed by atoms with Gasteiger partial charge >= 0.3 is 0 Å². The van der Waals surface area contributed by atoms with E-state index in [-0.39, 0.29) is 18.1 Å². The van der Waals surface area contributed by atoms with E-state index in [0.29, 0.717) is 18.4 Å². The molecule has 4 heteroatoms. The number of amides is 1. The van der Waals surface area contributed by atoms with Crippen LogP contribution < -0.4 is 9.47 Å². The molecule has 0 fully saturated rings. The number of hydrogen-bond acceptors (Lipinski definition) is 3. The molecule has 0 heterocycles. The molecule has 2 rings (SSSR count). The Labute approximate surface area is 188 Å². The Bertz CT molecular complexity index is 794. The minimum atomic E-state index is 0.102. The first-order chi connectivity index (χ1) is 14.7. The van der Waals surface area contributed by atoms with Crippen LogP contribution in [0.25, 0.3) is 0 Å². The Morgan fingerprint density at radius 3 is 1.71 bits per heavy atom. The molecule has 0 N–H and O–H groups in total. The van der Waals surface area contributed by atoms with Crippen LogP contribution in [-0.2, 0) is 11.3 Å². The third kappa shape index (κ3) is 8.28. The van der Waals surface area contributed by atoms with Gasteiger partial charge in [-0.15, -0.1) is 0 Å². The highest BCUT2D eigenvalue weighted by molar-refractivity contribution is 5.73. The fourth-order valence-electron chi connectivity index (χ4n) is 3.76. The van der Waals surface area contributed by atoms with E-state index in [1.807, 2.05) is 69.0 Å². The van der Waals surface area contributed by atoms with E-state index in [1.54, 1.807) is 6.92 Å². The molecule has 2 aromatic rings. The third-order valence-corrected chi connectivity index (χ3v) is 5.31. The van der Waals surface area contributed by atoms with Crippen molar-refractivity contribution in [2.45, 2.75) is 79.6 Å². The SMILES string of the molecule is CC(=O)N(CCC(c1ccc(OC(C)C)cc1)C(C)C)Cc1ccc(OC(C)C)cc1. The van der Waals surface area contributed by atoms with Gasteiger partial charge in [0.15, 0.2) is 0 Å². The molecule has 0 aromatic heterocycles. The Hall–Kier alpha value is -2.49. The average molecular weight is 426 g/mol. The number of hydrogen-bond donors (Lipinski definition) is 0. The molecular formula is C27H39NO3. The second-order valence-electron chi connectivity index (χ2n) is 9.13. The largest absolute Gasteiger partial charge is 0.491 e. The lowest BCUT2D eigenvalue weighted by atomic mass is 9.85. The molecule has 0 spiro atoms. The predicted molar refractivity (Wildman–Crippen MR) is 128 cm³/mol. The molecule has 0 aliphatic rings. The summed E-state index contributed by atoms with van der Waals surface area (Å²) in [6, 6.07) is 16.5. The Morgan fingerprint density at radius 1 is 0.806 bits per heavy atom. The summed E-state index contributed by atoms with van der Waals surface area (Å²) in [6.07, 6.45) is 1.25. The van der Waals surface area contributed by atoms with E-state index in [2.05, 4.69) is 26.0 Å². The van der Waals surface area contributed by atoms with Crippen molar-refractivity contribution < 1.29 is 14.3 Å². The molecule has 4 nitrogen and oxygen atoms in total. The molecule has 1 amide bonds. The van der Waals surface area contributed by atoms with E-state index >= 15 is 0 Å². The highest BCUT2D eigenvalue weighted by Crippen LogP contribution is 2.30. The Balaban J connectivity index is 2.03. The van der Waals surface area contributed by atoms with Crippen LogP contribution >= 0.6 is 0 Å². The zero-order valence-corrected chi connectivity index (χ0v) is 20.2. The third-order valence-electron chi connectivity index (χ3n) is 5.31. The van der Waals surface area contributed by atoms with Gasteiger partial charge in [0.05, 0.1) is 12.2 Å². The van der Waals surface area contributed by atoms with E-state index in [4.69, 9.17) is 9.47 Å². The van der Waals surface area contributed by atoms with Crippen molar-refractivity contribution in [3.8, 4) is 11.5 Å². The molecular weight excluding hydrogens is 386 g/mol. The lowest BCUT2D eigenvalue weighted by Crippen LogP contribution is -2.30. The number of nitrogens with zero attached hydrogens (tertiary/aromatic N) is 1. The van der Waals surface area contributed by atoms with E-state index < -0.39 is 0 Å². The fourth-order valence-corrected chi connectivity index (χ4v) is 3.76. The molecule has 1 unspecified atom stereocenters. The summed E-state index contributed by atoms with van der Waals surface area (Å²) in [4.78, 5) is 14.2. The second kappa shape index (κ2) is 11.8. The fraction of sp³-hybridized carbons (Fsp3) is 0.519. The van der Waals surface area contributed by atoms with Crippen molar-refractivity contribution in [1.82, 2.24) is 4.90 Å². The van der Waals surface area contributed by atoms with Gasteiger partial charge in [-0.1, -0.05) is 38.1 Å². The van der Waals surface area contributed by atoms with Crippen molar-refractivity contribution in [1.29, 1.82) is 0 Å². The molecule has 0 aliphatic heterocycles. The van der Waals surface area contributed by atoms with Gasteiger partial charge in [0.1, 0.15) is 11.5 Å². The van der Waals surface area contributed by atoms with Crippen molar-refractivity contribution in [3.05, 3.63) is 59.7 Å². The van der Waals surface area contributed by atoms with Crippen molar-refractivity contribution in [2.75, 3.05) is 6.54 Å². The van der Waals surface area contributed by atoms with Gasteiger partial charge in [0, 0.05) is 20.0 Å². The number of ether oxygens (including phenoxy) is 2. The molecule has 31 heavy (non-hydrogen) atoms. The van der Waals surface area contributed by atoms with Crippen LogP contribution in [0.3, 0.4) is 0 Å². The molecule has 0 saturated carbocycles. The topological polar surface area (TPSA) is 38.8 Å². The number of benzene rings is 2. The maximum Gasteiger partial charge on any atom is 0.219 e. The lowest BCUT2D eigenvalue weighted by Gasteiger charge is -2.27. The highest BCUT2D eigenvalue weighted by Gasteiger charge is 2.19. The molecule has 2 aromatic carbocycles. The summed E-state index contributed by atoms with van der Waals surface area (Å²) in [7, 11) is 0. The van der Waals surface area contributed by atoms with Gasteiger partial charge in [-0.05, 0) is 81.3 Å². The van der Waals surface area contributed by atoms with Crippen molar-refractivity contribution >= 4 is 5.91 Å². The first kappa shape index (κ1) is 24.8. The minimum absolute atomic E-state index is 0.102. The summed E-state index contributed by atoms with van der Waals surface area (Å²) in [5, 5.41) is 0. The molecule has 0 aliphatic carbocycles. The Morgan fingerprint density at radius 2 is 1.29 bits per heavy atom. The zero-order chi connectivity index (χ0) is 23.0. The van der Waals surface area contributed by atoms with Gasteiger partial charge in [0.2, 0.25) is 5.91 Å². The van der Waals surface area contributed by atoms with Crippen LogP contribution in [0, 0.1) is 5.92 Å². The standard InChI is InChI=1S/C27H39NO3/c1-19(2)27(24-10-14-26(15-11-24)31-21(5)6)16-17-28(22(7)29)18-23-8-12-25(13-9-23)30-20(3)4/h8-15,19-21,27H,16-18H2,1-7H3. The first-order valence-electron chi connectivity index (χ1n) is 11.4. The normalized spacial score (nSPS) is 12.3. The molecule has 0 saturated heterocycles. The summed E-state index contributed by atoms with van der Waals surface area (Å²) in [5.41, 5.74) is 2.41. The van der Waals surface area contributed by atoms with Gasteiger partial charge in [-0.25, -0.2) is 0 Å². The number of carbonyl (C=O) groups excluding carboxylic acids is 1. The minimum Gasteiger partial charge on any atom is -0.491 e. The highest BCUT2D eigenvalue weighted by atomic mass is 16.5. The monoisotopic (exact) mass is 425 g/mol.